The van der Waals surface area contributed by atoms with Crippen LogP contribution in [0.4, 0.5) is 15.0 Å². The number of anilines is 1. The van der Waals surface area contributed by atoms with Gasteiger partial charge in [0, 0.05) is 37.8 Å². The summed E-state index contributed by atoms with van der Waals surface area (Å²) in [6.45, 7) is 8.49. The number of fused-ring (bicyclic) bond motifs is 2. The lowest BCUT2D eigenvalue weighted by molar-refractivity contribution is 0.000954. The van der Waals surface area contributed by atoms with Gasteiger partial charge in [-0.3, -0.25) is 4.79 Å². The van der Waals surface area contributed by atoms with Gasteiger partial charge in [0.1, 0.15) is 34.4 Å². The predicted octanol–water partition coefficient (Wildman–Crippen LogP) is 3.95. The summed E-state index contributed by atoms with van der Waals surface area (Å²) in [4.78, 5) is 36.6. The molecule has 0 bridgehead atoms. The van der Waals surface area contributed by atoms with Gasteiger partial charge in [-0.15, -0.1) is 0 Å². The van der Waals surface area contributed by atoms with Crippen molar-refractivity contribution in [3.63, 3.8) is 0 Å². The van der Waals surface area contributed by atoms with E-state index in [4.69, 9.17) is 26.1 Å². The maximum absolute atomic E-state index is 14.9. The molecule has 2 aromatic rings. The largest absolute Gasteiger partial charge is 0.489 e. The normalized spacial score (nSPS) is 23.5. The Balaban J connectivity index is 1.57. The number of aliphatic hydroxyl groups is 1. The molecule has 0 radical (unpaired) electrons. The highest BCUT2D eigenvalue weighted by atomic mass is 35.5. The molecule has 4 heterocycles. The third-order valence-electron chi connectivity index (χ3n) is 7.06. The number of hydrogen-bond donors (Lipinski definition) is 1. The van der Waals surface area contributed by atoms with Crippen molar-refractivity contribution in [2.45, 2.75) is 57.9 Å². The number of benzene rings is 1. The Hall–Kier alpha value is -3.11. The van der Waals surface area contributed by atoms with E-state index in [2.05, 4.69) is 0 Å². The summed E-state index contributed by atoms with van der Waals surface area (Å²) in [5, 5.41) is 10.4. The third-order valence-corrected chi connectivity index (χ3v) is 7.41. The minimum absolute atomic E-state index is 0.0402. The van der Waals surface area contributed by atoms with Gasteiger partial charge in [-0.05, 0) is 46.2 Å². The maximum atomic E-state index is 14.9. The van der Waals surface area contributed by atoms with Gasteiger partial charge >= 0.3 is 6.09 Å². The summed E-state index contributed by atoms with van der Waals surface area (Å²) < 4.78 is 26.6. The molecule has 3 aliphatic rings. The molecule has 0 spiro atoms. The molecule has 2 amide bonds. The van der Waals surface area contributed by atoms with Crippen molar-refractivity contribution in [2.75, 3.05) is 37.7 Å². The summed E-state index contributed by atoms with van der Waals surface area (Å²) in [5.74, 6) is -0.407. The number of aromatic nitrogens is 1. The number of nitrogens with zero attached hydrogens (tertiary/aromatic N) is 4. The van der Waals surface area contributed by atoms with Gasteiger partial charge in [-0.2, -0.15) is 0 Å². The average Bonchev–Trinajstić information content (AvgIpc) is 3.11. The molecular formula is C27H32ClFN4O5. The lowest BCUT2D eigenvalue weighted by atomic mass is 10.1. The van der Waals surface area contributed by atoms with Crippen LogP contribution in [0.2, 0.25) is 5.02 Å². The van der Waals surface area contributed by atoms with E-state index in [1.54, 1.807) is 48.8 Å². The minimum atomic E-state index is -0.644. The third kappa shape index (κ3) is 4.87. The number of carbonyl (C=O) groups excluding carboxylic acids is 2. The van der Waals surface area contributed by atoms with E-state index in [1.165, 1.54) is 6.07 Å². The number of ether oxygens (including phenoxy) is 2. The standard InChI is InChI=1S/C27H32ClFN4O5/c1-15-11-17(34)13-33(15)24-20-23(21(28)22(30-24)18-7-5-6-8-19(18)29)37-14-16-12-31(9-10-32(16)25(20)35)26(36)38-27(2,3)4/h5-8,15-17,34H,9-14H2,1-4H3/t15-,16?,17-/m0/s1. The molecule has 1 aromatic heterocycles. The molecule has 38 heavy (non-hydrogen) atoms. The van der Waals surface area contributed by atoms with Crippen molar-refractivity contribution in [3.8, 4) is 17.0 Å². The van der Waals surface area contributed by atoms with E-state index in [0.717, 1.165) is 0 Å². The average molecular weight is 547 g/mol. The molecule has 0 saturated carbocycles. The van der Waals surface area contributed by atoms with Crippen LogP contribution in [-0.2, 0) is 4.74 Å². The highest BCUT2D eigenvalue weighted by Crippen LogP contribution is 2.45. The molecule has 3 aliphatic heterocycles. The molecule has 2 saturated heterocycles. The first-order valence-corrected chi connectivity index (χ1v) is 13.2. The van der Waals surface area contributed by atoms with E-state index in [1.807, 2.05) is 11.8 Å². The number of aliphatic hydroxyl groups excluding tert-OH is 1. The number of amides is 2. The molecular weight excluding hydrogens is 515 g/mol. The van der Waals surface area contributed by atoms with Crippen molar-refractivity contribution in [2.24, 2.45) is 0 Å². The smallest absolute Gasteiger partial charge is 0.410 e. The highest BCUT2D eigenvalue weighted by molar-refractivity contribution is 6.35. The van der Waals surface area contributed by atoms with Crippen LogP contribution in [0.5, 0.6) is 5.75 Å². The van der Waals surface area contributed by atoms with Gasteiger partial charge in [-0.1, -0.05) is 23.7 Å². The Morgan fingerprint density at radius 3 is 2.61 bits per heavy atom. The first-order valence-electron chi connectivity index (χ1n) is 12.8. The lowest BCUT2D eigenvalue weighted by Crippen LogP contribution is -2.58. The quantitative estimate of drug-likeness (QED) is 0.609. The number of hydrogen-bond acceptors (Lipinski definition) is 7. The van der Waals surface area contributed by atoms with Crippen molar-refractivity contribution in [3.05, 3.63) is 40.7 Å². The van der Waals surface area contributed by atoms with Gasteiger partial charge in [0.2, 0.25) is 0 Å². The highest BCUT2D eigenvalue weighted by Gasteiger charge is 2.43. The van der Waals surface area contributed by atoms with Gasteiger partial charge < -0.3 is 29.3 Å². The Labute approximate surface area is 226 Å². The fourth-order valence-electron chi connectivity index (χ4n) is 5.28. The van der Waals surface area contributed by atoms with E-state index in [9.17, 15) is 19.1 Å². The Morgan fingerprint density at radius 2 is 1.95 bits per heavy atom. The lowest BCUT2D eigenvalue weighted by Gasteiger charge is -2.40. The van der Waals surface area contributed by atoms with Crippen molar-refractivity contribution < 1.29 is 28.6 Å². The summed E-state index contributed by atoms with van der Waals surface area (Å²) in [7, 11) is 0. The molecule has 204 valence electrons. The number of halogens is 2. The summed E-state index contributed by atoms with van der Waals surface area (Å²) in [5.41, 5.74) is -0.114. The van der Waals surface area contributed by atoms with Crippen LogP contribution in [0.15, 0.2) is 24.3 Å². The van der Waals surface area contributed by atoms with E-state index >= 15 is 0 Å². The predicted molar refractivity (Wildman–Crippen MR) is 140 cm³/mol. The number of β-amino-alcohol motifs (C(OH)–C–C–N with tert-alkyl or cyclic N) is 1. The molecule has 9 nitrogen and oxygen atoms in total. The van der Waals surface area contributed by atoms with Crippen molar-refractivity contribution >= 4 is 29.4 Å². The fourth-order valence-corrected chi connectivity index (χ4v) is 5.57. The van der Waals surface area contributed by atoms with E-state index < -0.39 is 29.7 Å². The minimum Gasteiger partial charge on any atom is -0.489 e. The summed E-state index contributed by atoms with van der Waals surface area (Å²) >= 11 is 6.79. The van der Waals surface area contributed by atoms with Crippen molar-refractivity contribution in [1.29, 1.82) is 0 Å². The molecule has 3 atom stereocenters. The number of piperazine rings is 1. The molecule has 11 heteroatoms. The SMILES string of the molecule is C[C@H]1C[C@H](O)CN1c1nc(-c2ccccc2F)c(Cl)c2c1C(=O)N1CCN(C(=O)OC(C)(C)C)CC1CO2. The van der Waals surface area contributed by atoms with Crippen LogP contribution in [0, 0.1) is 5.82 Å². The molecule has 2 fully saturated rings. The van der Waals surface area contributed by atoms with Crippen molar-refractivity contribution in [1.82, 2.24) is 14.8 Å². The zero-order chi connectivity index (χ0) is 27.4. The second-order valence-electron chi connectivity index (χ2n) is 11.1. The van der Waals surface area contributed by atoms with Crippen LogP contribution in [0.25, 0.3) is 11.3 Å². The maximum Gasteiger partial charge on any atom is 0.410 e. The monoisotopic (exact) mass is 546 g/mol. The Bertz CT molecular complexity index is 1270. The molecule has 1 aromatic carbocycles. The Kier molecular flexibility index (Phi) is 6.89. The first-order chi connectivity index (χ1) is 17.9. The van der Waals surface area contributed by atoms with Gasteiger partial charge in [0.25, 0.3) is 5.91 Å². The number of pyridine rings is 1. The summed E-state index contributed by atoms with van der Waals surface area (Å²) in [6.07, 6.45) is -0.546. The van der Waals surface area contributed by atoms with E-state index in [-0.39, 0.29) is 65.8 Å². The van der Waals surface area contributed by atoms with Crippen LogP contribution in [0.3, 0.4) is 0 Å². The molecule has 1 N–H and O–H groups in total. The first kappa shape index (κ1) is 26.5. The van der Waals surface area contributed by atoms with Gasteiger partial charge in [-0.25, -0.2) is 14.2 Å². The number of rotatable bonds is 2. The van der Waals surface area contributed by atoms with Crippen LogP contribution < -0.4 is 9.64 Å². The zero-order valence-electron chi connectivity index (χ0n) is 21.9. The van der Waals surface area contributed by atoms with Crippen LogP contribution in [-0.4, -0.2) is 88.5 Å². The second-order valence-corrected chi connectivity index (χ2v) is 11.4. The molecule has 5 rings (SSSR count). The zero-order valence-corrected chi connectivity index (χ0v) is 22.7. The van der Waals surface area contributed by atoms with Gasteiger partial charge in [0.15, 0.2) is 5.75 Å². The van der Waals surface area contributed by atoms with Crippen LogP contribution in [0.1, 0.15) is 44.5 Å². The second kappa shape index (κ2) is 9.89. The van der Waals surface area contributed by atoms with Crippen LogP contribution >= 0.6 is 11.6 Å². The summed E-state index contributed by atoms with van der Waals surface area (Å²) in [6, 6.07) is 5.58. The Morgan fingerprint density at radius 1 is 1.21 bits per heavy atom. The molecule has 0 aliphatic carbocycles. The fraction of sp³-hybridized carbons (Fsp3) is 0.519. The topological polar surface area (TPSA) is 95.4 Å². The molecule has 1 unspecified atom stereocenters. The number of carbonyl (C=O) groups is 2. The van der Waals surface area contributed by atoms with E-state index in [0.29, 0.717) is 18.8 Å². The van der Waals surface area contributed by atoms with Gasteiger partial charge in [0.05, 0.1) is 17.8 Å².